The van der Waals surface area contributed by atoms with Crippen LogP contribution in [0.25, 0.3) is 11.1 Å². The van der Waals surface area contributed by atoms with Gasteiger partial charge in [-0.15, -0.1) is 0 Å². The molecule has 0 aliphatic rings. The molecule has 0 aromatic heterocycles. The molecule has 1 heteroatoms. The van der Waals surface area contributed by atoms with E-state index in [0.717, 1.165) is 0 Å². The predicted molar refractivity (Wildman–Crippen MR) is 96.8 cm³/mol. The molecule has 21 heavy (non-hydrogen) atoms. The predicted octanol–water partition coefficient (Wildman–Crippen LogP) is 5.86. The highest BCUT2D eigenvalue weighted by atomic mass is 31.1. The van der Waals surface area contributed by atoms with Gasteiger partial charge in [-0.2, -0.15) is 0 Å². The maximum atomic E-state index is 3.39. The van der Waals surface area contributed by atoms with Crippen molar-refractivity contribution in [2.45, 2.75) is 51.9 Å². The van der Waals surface area contributed by atoms with Crippen LogP contribution in [0.4, 0.5) is 0 Å². The second-order valence-corrected chi connectivity index (χ2v) is 11.3. The summed E-state index contributed by atoms with van der Waals surface area (Å²) in [5.74, 6) is 0. The summed E-state index contributed by atoms with van der Waals surface area (Å²) in [6.07, 6.45) is 0. The monoisotopic (exact) mass is 297 g/mol. The lowest BCUT2D eigenvalue weighted by Gasteiger charge is -2.42. The smallest absolute Gasteiger partial charge is 0.00988 e. The number of hydrogen-bond donors (Lipinski definition) is 0. The lowest BCUT2D eigenvalue weighted by Crippen LogP contribution is -2.31. The van der Waals surface area contributed by atoms with E-state index in [4.69, 9.17) is 0 Å². The van der Waals surface area contributed by atoms with Gasteiger partial charge in [0.2, 0.25) is 0 Å². The quantitative estimate of drug-likeness (QED) is 0.609. The van der Waals surface area contributed by atoms with Crippen molar-refractivity contribution in [2.75, 3.05) is 0 Å². The molecule has 0 aliphatic heterocycles. The van der Waals surface area contributed by atoms with Gasteiger partial charge in [0.1, 0.15) is 0 Å². The Labute approximate surface area is 131 Å². The van der Waals surface area contributed by atoms with Crippen LogP contribution >= 0.6 is 7.92 Å². The van der Waals surface area contributed by atoms with Crippen LogP contribution < -0.4 is 5.30 Å². The van der Waals surface area contributed by atoms with Crippen molar-refractivity contribution in [3.05, 3.63) is 54.6 Å². The minimum Gasteiger partial charge on any atom is -0.0636 e. The summed E-state index contributed by atoms with van der Waals surface area (Å²) in [4.78, 5) is 0. The molecule has 1 radical (unpaired) electrons. The minimum absolute atomic E-state index is 0.276. The maximum Gasteiger partial charge on any atom is -0.00988 e. The Morgan fingerprint density at radius 3 is 1.86 bits per heavy atom. The number of rotatable bonds is 2. The molecule has 0 N–H and O–H groups in total. The average molecular weight is 297 g/mol. The van der Waals surface area contributed by atoms with Crippen molar-refractivity contribution in [3.63, 3.8) is 0 Å². The second-order valence-electron chi connectivity index (χ2n) is 7.47. The molecular weight excluding hydrogens is 271 g/mol. The van der Waals surface area contributed by atoms with Crippen LogP contribution in [0.3, 0.4) is 0 Å². The van der Waals surface area contributed by atoms with Crippen LogP contribution in [0.1, 0.15) is 41.5 Å². The van der Waals surface area contributed by atoms with Crippen LogP contribution in [0.15, 0.2) is 48.5 Å². The largest absolute Gasteiger partial charge is 0.0636 e. The number of benzene rings is 2. The molecule has 0 nitrogen and oxygen atoms in total. The van der Waals surface area contributed by atoms with Crippen LogP contribution in [0.2, 0.25) is 0 Å². The van der Waals surface area contributed by atoms with Gasteiger partial charge in [-0.05, 0) is 32.8 Å². The van der Waals surface area contributed by atoms with E-state index in [1.807, 2.05) is 12.1 Å². The highest BCUT2D eigenvalue weighted by molar-refractivity contribution is 7.68. The Bertz CT molecular complexity index is 571. The summed E-state index contributed by atoms with van der Waals surface area (Å²) >= 11 is 0. The van der Waals surface area contributed by atoms with Crippen LogP contribution in [-0.4, -0.2) is 10.3 Å². The van der Waals surface area contributed by atoms with E-state index in [0.29, 0.717) is 0 Å². The molecule has 2 rings (SSSR count). The van der Waals surface area contributed by atoms with Gasteiger partial charge in [0.25, 0.3) is 0 Å². The molecule has 0 aliphatic carbocycles. The third-order valence-corrected chi connectivity index (χ3v) is 7.04. The molecule has 0 unspecified atom stereocenters. The fourth-order valence-electron chi connectivity index (χ4n) is 3.19. The van der Waals surface area contributed by atoms with Gasteiger partial charge < -0.3 is 0 Å². The highest BCUT2D eigenvalue weighted by Crippen LogP contribution is 2.59. The molecule has 0 saturated heterocycles. The van der Waals surface area contributed by atoms with Crippen LogP contribution in [-0.2, 0) is 0 Å². The van der Waals surface area contributed by atoms with Gasteiger partial charge in [0, 0.05) is 0 Å². The Morgan fingerprint density at radius 1 is 0.762 bits per heavy atom. The zero-order valence-corrected chi connectivity index (χ0v) is 15.0. The number of hydrogen-bond acceptors (Lipinski definition) is 0. The molecule has 0 bridgehead atoms. The van der Waals surface area contributed by atoms with Crippen molar-refractivity contribution in [1.29, 1.82) is 0 Å². The van der Waals surface area contributed by atoms with Crippen molar-refractivity contribution in [3.8, 4) is 11.1 Å². The Balaban J connectivity index is 2.63. The second kappa shape index (κ2) is 5.93. The van der Waals surface area contributed by atoms with Gasteiger partial charge >= 0.3 is 0 Å². The average Bonchev–Trinajstić information content (AvgIpc) is 2.37. The zero-order chi connectivity index (χ0) is 15.7. The molecule has 0 atom stereocenters. The molecular formula is C20H26P. The summed E-state index contributed by atoms with van der Waals surface area (Å²) in [6, 6.07) is 20.6. The minimum atomic E-state index is -0.302. The van der Waals surface area contributed by atoms with Crippen molar-refractivity contribution in [1.82, 2.24) is 0 Å². The van der Waals surface area contributed by atoms with Gasteiger partial charge in [-0.1, -0.05) is 98.0 Å². The van der Waals surface area contributed by atoms with Crippen molar-refractivity contribution < 1.29 is 0 Å². The first-order chi connectivity index (χ1) is 9.71. The topological polar surface area (TPSA) is 0 Å². The first kappa shape index (κ1) is 16.2. The van der Waals surface area contributed by atoms with Crippen LogP contribution in [0, 0.1) is 6.07 Å². The lowest BCUT2D eigenvalue weighted by atomic mass is 10.1. The summed E-state index contributed by atoms with van der Waals surface area (Å²) in [7, 11) is -0.302. The molecule has 0 saturated carbocycles. The Morgan fingerprint density at radius 2 is 1.33 bits per heavy atom. The van der Waals surface area contributed by atoms with Crippen molar-refractivity contribution in [2.24, 2.45) is 0 Å². The van der Waals surface area contributed by atoms with Crippen molar-refractivity contribution >= 4 is 13.2 Å². The van der Waals surface area contributed by atoms with E-state index in [-0.39, 0.29) is 18.2 Å². The van der Waals surface area contributed by atoms with E-state index in [2.05, 4.69) is 84.0 Å². The fourth-order valence-corrected chi connectivity index (χ4v) is 7.32. The SMILES string of the molecule is CC(C)(C)P(c1ccccc1-c1[c]cccc1)C(C)(C)C. The van der Waals surface area contributed by atoms with E-state index in [1.165, 1.54) is 16.4 Å². The standard InChI is InChI=1S/C20H26P/c1-19(2,3)21(20(4,5)6)18-15-11-10-14-17(18)16-12-8-7-9-13-16/h7-12,14-15H,1-6H3. The summed E-state index contributed by atoms with van der Waals surface area (Å²) < 4.78 is 0. The molecule has 0 spiro atoms. The van der Waals surface area contributed by atoms with E-state index >= 15 is 0 Å². The summed E-state index contributed by atoms with van der Waals surface area (Å²) in [5, 5.41) is 2.05. The molecule has 2 aromatic rings. The molecule has 0 amide bonds. The van der Waals surface area contributed by atoms with E-state index in [1.54, 1.807) is 0 Å². The van der Waals surface area contributed by atoms with Gasteiger partial charge in [-0.25, -0.2) is 0 Å². The first-order valence-electron chi connectivity index (χ1n) is 7.58. The molecule has 111 valence electrons. The maximum absolute atomic E-state index is 3.39. The summed E-state index contributed by atoms with van der Waals surface area (Å²) in [5.41, 5.74) is 2.54. The van der Waals surface area contributed by atoms with E-state index < -0.39 is 0 Å². The highest BCUT2D eigenvalue weighted by Gasteiger charge is 2.36. The van der Waals surface area contributed by atoms with Gasteiger partial charge in [0.15, 0.2) is 0 Å². The lowest BCUT2D eigenvalue weighted by molar-refractivity contribution is 0.715. The molecule has 0 heterocycles. The van der Waals surface area contributed by atoms with Crippen LogP contribution in [0.5, 0.6) is 0 Å². The zero-order valence-electron chi connectivity index (χ0n) is 14.1. The third-order valence-electron chi connectivity index (χ3n) is 3.49. The fraction of sp³-hybridized carbons (Fsp3) is 0.400. The Kier molecular flexibility index (Phi) is 4.59. The summed E-state index contributed by atoms with van der Waals surface area (Å²) in [6.45, 7) is 14.2. The van der Waals surface area contributed by atoms with Gasteiger partial charge in [0.05, 0.1) is 0 Å². The van der Waals surface area contributed by atoms with Gasteiger partial charge in [-0.3, -0.25) is 0 Å². The Hall–Kier alpha value is -1.13. The normalized spacial score (nSPS) is 12.7. The molecule has 2 aromatic carbocycles. The molecule has 0 fully saturated rings. The third kappa shape index (κ3) is 3.74. The van der Waals surface area contributed by atoms with E-state index in [9.17, 15) is 0 Å². The first-order valence-corrected chi connectivity index (χ1v) is 8.92.